The molecule has 2 rings (SSSR count). The summed E-state index contributed by atoms with van der Waals surface area (Å²) in [6.45, 7) is 6.38. The summed E-state index contributed by atoms with van der Waals surface area (Å²) < 4.78 is 13.1. The molecule has 1 heterocycles. The third-order valence-corrected chi connectivity index (χ3v) is 4.17. The van der Waals surface area contributed by atoms with Crippen LogP contribution in [0.5, 0.6) is 0 Å². The predicted octanol–water partition coefficient (Wildman–Crippen LogP) is 3.68. The molecule has 3 N–H and O–H groups in total. The van der Waals surface area contributed by atoms with Crippen LogP contribution in [0.2, 0.25) is 0 Å². The highest BCUT2D eigenvalue weighted by Gasteiger charge is 2.28. The summed E-state index contributed by atoms with van der Waals surface area (Å²) >= 11 is 1.36. The number of thiazole rings is 1. The fraction of sp³-hybridized carbons (Fsp3) is 0.375. The fourth-order valence-electron chi connectivity index (χ4n) is 2.17. The quantitative estimate of drug-likeness (QED) is 0.877. The molecule has 0 saturated carbocycles. The minimum Gasteiger partial charge on any atom is -0.343 e. The van der Waals surface area contributed by atoms with Gasteiger partial charge in [0.2, 0.25) is 0 Å². The van der Waals surface area contributed by atoms with Gasteiger partial charge >= 0.3 is 0 Å². The van der Waals surface area contributed by atoms with Gasteiger partial charge in [-0.2, -0.15) is 0 Å². The largest absolute Gasteiger partial charge is 0.343 e. The average Bonchev–Trinajstić information content (AvgIpc) is 2.93. The number of hydrogen-bond acceptors (Lipinski definition) is 4. The third kappa shape index (κ3) is 4.99. The Hall–Kier alpha value is -1.50. The zero-order chi connectivity index (χ0) is 16.3. The molecular formula is C16H21ClFN3OS. The lowest BCUT2D eigenvalue weighted by atomic mass is 9.82. The molecule has 0 fully saturated rings. The molecule has 1 aromatic carbocycles. The molecule has 1 aromatic heterocycles. The number of carbonyl (C=O) groups excluding carboxylic acids is 1. The maximum Gasteiger partial charge on any atom is 0.271 e. The summed E-state index contributed by atoms with van der Waals surface area (Å²) in [7, 11) is 0. The maximum atomic E-state index is 13.1. The van der Waals surface area contributed by atoms with Crippen molar-refractivity contribution in [3.8, 4) is 0 Å². The van der Waals surface area contributed by atoms with Crippen molar-refractivity contribution in [2.24, 2.45) is 11.1 Å². The van der Waals surface area contributed by atoms with Gasteiger partial charge in [0.1, 0.15) is 16.5 Å². The van der Waals surface area contributed by atoms with Crippen LogP contribution in [-0.4, -0.2) is 10.9 Å². The topological polar surface area (TPSA) is 68.0 Å². The number of nitrogens with two attached hydrogens (primary N) is 1. The number of nitrogens with zero attached hydrogens (tertiary/aromatic N) is 1. The van der Waals surface area contributed by atoms with Crippen molar-refractivity contribution < 1.29 is 9.18 Å². The molecule has 1 atom stereocenters. The van der Waals surface area contributed by atoms with Crippen LogP contribution in [0, 0.1) is 11.2 Å². The number of halogens is 2. The normalized spacial score (nSPS) is 12.4. The van der Waals surface area contributed by atoms with Gasteiger partial charge in [-0.3, -0.25) is 4.79 Å². The van der Waals surface area contributed by atoms with Crippen LogP contribution in [0.3, 0.4) is 0 Å². The highest BCUT2D eigenvalue weighted by atomic mass is 35.5. The first-order chi connectivity index (χ1) is 10.3. The van der Waals surface area contributed by atoms with Crippen LogP contribution in [-0.2, 0) is 6.54 Å². The number of benzene rings is 1. The molecule has 0 spiro atoms. The average molecular weight is 358 g/mol. The molecule has 0 saturated heterocycles. The van der Waals surface area contributed by atoms with Gasteiger partial charge < -0.3 is 11.1 Å². The van der Waals surface area contributed by atoms with Crippen LogP contribution in [0.25, 0.3) is 0 Å². The van der Waals surface area contributed by atoms with E-state index in [4.69, 9.17) is 5.73 Å². The van der Waals surface area contributed by atoms with Crippen molar-refractivity contribution in [3.05, 3.63) is 51.7 Å². The number of aromatic nitrogens is 1. The molecule has 0 radical (unpaired) electrons. The third-order valence-electron chi connectivity index (χ3n) is 3.30. The molecule has 1 unspecified atom stereocenters. The van der Waals surface area contributed by atoms with Gasteiger partial charge in [0.05, 0.1) is 6.04 Å². The molecule has 2 aromatic rings. The molecule has 7 heteroatoms. The van der Waals surface area contributed by atoms with E-state index in [-0.39, 0.29) is 35.6 Å². The lowest BCUT2D eigenvalue weighted by Gasteiger charge is -2.31. The van der Waals surface area contributed by atoms with E-state index in [9.17, 15) is 9.18 Å². The van der Waals surface area contributed by atoms with Crippen LogP contribution < -0.4 is 11.1 Å². The van der Waals surface area contributed by atoms with E-state index in [0.29, 0.717) is 12.2 Å². The minimum absolute atomic E-state index is 0. The summed E-state index contributed by atoms with van der Waals surface area (Å²) in [6, 6.07) is 5.93. The van der Waals surface area contributed by atoms with Crippen molar-refractivity contribution in [2.75, 3.05) is 0 Å². The van der Waals surface area contributed by atoms with Crippen molar-refractivity contribution in [3.63, 3.8) is 0 Å². The van der Waals surface area contributed by atoms with E-state index < -0.39 is 0 Å². The lowest BCUT2D eigenvalue weighted by Crippen LogP contribution is -2.36. The Morgan fingerprint density at radius 1 is 1.35 bits per heavy atom. The van der Waals surface area contributed by atoms with Gasteiger partial charge in [0, 0.05) is 11.9 Å². The molecule has 0 bridgehead atoms. The molecule has 126 valence electrons. The highest BCUT2D eigenvalue weighted by Crippen LogP contribution is 2.33. The first-order valence-electron chi connectivity index (χ1n) is 7.02. The SMILES string of the molecule is CC(C)(C)C(NC(=O)c1csc(CN)n1)c1ccc(F)cc1.Cl. The Bertz CT molecular complexity index is 652. The number of carbonyl (C=O) groups is 1. The van der Waals surface area contributed by atoms with Gasteiger partial charge in [0.25, 0.3) is 5.91 Å². The number of hydrogen-bond donors (Lipinski definition) is 2. The first kappa shape index (κ1) is 19.5. The van der Waals surface area contributed by atoms with E-state index in [1.54, 1.807) is 17.5 Å². The van der Waals surface area contributed by atoms with Gasteiger partial charge in [-0.15, -0.1) is 23.7 Å². The molecule has 1 amide bonds. The van der Waals surface area contributed by atoms with Gasteiger partial charge in [-0.1, -0.05) is 32.9 Å². The molecule has 0 aliphatic carbocycles. The molecule has 4 nitrogen and oxygen atoms in total. The van der Waals surface area contributed by atoms with E-state index in [1.807, 2.05) is 20.8 Å². The second-order valence-electron chi connectivity index (χ2n) is 6.15. The lowest BCUT2D eigenvalue weighted by molar-refractivity contribution is 0.0897. The molecule has 0 aliphatic rings. The minimum atomic E-state index is -0.296. The summed E-state index contributed by atoms with van der Waals surface area (Å²) in [5.41, 5.74) is 6.52. The molecule has 23 heavy (non-hydrogen) atoms. The summed E-state index contributed by atoms with van der Waals surface area (Å²) in [4.78, 5) is 16.6. The van der Waals surface area contributed by atoms with Crippen LogP contribution in [0.1, 0.15) is 47.9 Å². The Kier molecular flexibility index (Phi) is 6.68. The van der Waals surface area contributed by atoms with Gasteiger partial charge in [0.15, 0.2) is 0 Å². The van der Waals surface area contributed by atoms with Crippen LogP contribution in [0.4, 0.5) is 4.39 Å². The number of amides is 1. The van der Waals surface area contributed by atoms with E-state index >= 15 is 0 Å². The second-order valence-corrected chi connectivity index (χ2v) is 7.10. The molecular weight excluding hydrogens is 337 g/mol. The molecule has 0 aliphatic heterocycles. The van der Waals surface area contributed by atoms with E-state index in [1.165, 1.54) is 23.5 Å². The standard InChI is InChI=1S/C16H20FN3OS.ClH/c1-16(2,3)14(10-4-6-11(17)7-5-10)20-15(21)12-9-22-13(8-18)19-12;/h4-7,9,14H,8,18H2,1-3H3,(H,20,21);1H. The Morgan fingerprint density at radius 3 is 2.43 bits per heavy atom. The van der Waals surface area contributed by atoms with Gasteiger partial charge in [-0.25, -0.2) is 9.37 Å². The van der Waals surface area contributed by atoms with E-state index in [0.717, 1.165) is 10.6 Å². The summed E-state index contributed by atoms with van der Waals surface area (Å²) in [5, 5.41) is 5.41. The monoisotopic (exact) mass is 357 g/mol. The second kappa shape index (κ2) is 7.86. The fourth-order valence-corrected chi connectivity index (χ4v) is 2.82. The van der Waals surface area contributed by atoms with Crippen molar-refractivity contribution in [1.29, 1.82) is 0 Å². The van der Waals surface area contributed by atoms with Crippen molar-refractivity contribution >= 4 is 29.7 Å². The Labute approximate surface area is 145 Å². The maximum absolute atomic E-state index is 13.1. The van der Waals surface area contributed by atoms with Crippen LogP contribution in [0.15, 0.2) is 29.6 Å². The predicted molar refractivity (Wildman–Crippen MR) is 93.3 cm³/mol. The zero-order valence-electron chi connectivity index (χ0n) is 13.3. The number of rotatable bonds is 4. The Morgan fingerprint density at radius 2 is 1.96 bits per heavy atom. The van der Waals surface area contributed by atoms with E-state index in [2.05, 4.69) is 10.3 Å². The van der Waals surface area contributed by atoms with Crippen molar-refractivity contribution in [2.45, 2.75) is 33.4 Å². The van der Waals surface area contributed by atoms with Crippen molar-refractivity contribution in [1.82, 2.24) is 10.3 Å². The summed E-state index contributed by atoms with van der Waals surface area (Å²) in [5.74, 6) is -0.546. The number of nitrogens with one attached hydrogen (secondary N) is 1. The smallest absolute Gasteiger partial charge is 0.271 e. The highest BCUT2D eigenvalue weighted by molar-refractivity contribution is 7.09. The Balaban J connectivity index is 0.00000264. The van der Waals surface area contributed by atoms with Gasteiger partial charge in [-0.05, 0) is 23.1 Å². The summed E-state index contributed by atoms with van der Waals surface area (Å²) in [6.07, 6.45) is 0. The zero-order valence-corrected chi connectivity index (χ0v) is 14.9. The first-order valence-corrected chi connectivity index (χ1v) is 7.90. The van der Waals surface area contributed by atoms with Crippen LogP contribution >= 0.6 is 23.7 Å².